The molecule has 0 aliphatic carbocycles. The van der Waals surface area contributed by atoms with Gasteiger partial charge in [-0.3, -0.25) is 9.88 Å². The molecule has 1 aromatic heterocycles. The van der Waals surface area contributed by atoms with Crippen LogP contribution in [0.3, 0.4) is 0 Å². The third-order valence-electron chi connectivity index (χ3n) is 3.56. The van der Waals surface area contributed by atoms with Crippen molar-refractivity contribution in [2.24, 2.45) is 11.7 Å². The van der Waals surface area contributed by atoms with Gasteiger partial charge >= 0.3 is 0 Å². The monoisotopic (exact) mass is 255 g/mol. The first kappa shape index (κ1) is 14.4. The van der Waals surface area contributed by atoms with Gasteiger partial charge < -0.3 is 5.73 Å². The van der Waals surface area contributed by atoms with E-state index in [4.69, 9.17) is 5.73 Å². The predicted molar refractivity (Wildman–Crippen MR) is 73.1 cm³/mol. The number of hydrogen-bond donors (Lipinski definition) is 1. The normalized spacial score (nSPS) is 25.3. The van der Waals surface area contributed by atoms with Crippen molar-refractivity contribution in [3.05, 3.63) is 30.1 Å². The Hall–Kier alpha value is -0.640. The van der Waals surface area contributed by atoms with Gasteiger partial charge in [0.1, 0.15) is 0 Å². The molecule has 0 aromatic carbocycles. The molecule has 2 heterocycles. The van der Waals surface area contributed by atoms with E-state index < -0.39 is 0 Å². The van der Waals surface area contributed by atoms with Crippen LogP contribution in [0.4, 0.5) is 0 Å². The van der Waals surface area contributed by atoms with Gasteiger partial charge in [0, 0.05) is 25.3 Å². The lowest BCUT2D eigenvalue weighted by Gasteiger charge is -2.39. The maximum atomic E-state index is 5.88. The summed E-state index contributed by atoms with van der Waals surface area (Å²) in [4.78, 5) is 6.87. The Bertz CT molecular complexity index is 318. The summed E-state index contributed by atoms with van der Waals surface area (Å²) in [5.74, 6) is 0.711. The van der Waals surface area contributed by atoms with Crippen LogP contribution in [0.5, 0.6) is 0 Å². The average Bonchev–Trinajstić information content (AvgIpc) is 2.31. The molecule has 1 saturated heterocycles. The van der Waals surface area contributed by atoms with Crippen LogP contribution in [0.2, 0.25) is 0 Å². The predicted octanol–water partition coefficient (Wildman–Crippen LogP) is 2.06. The molecule has 2 N–H and O–H groups in total. The molecular formula is C13H22ClN3. The number of piperidine rings is 1. The molecule has 17 heavy (non-hydrogen) atoms. The van der Waals surface area contributed by atoms with E-state index in [9.17, 15) is 0 Å². The molecule has 0 saturated carbocycles. The molecule has 2 rings (SSSR count). The van der Waals surface area contributed by atoms with E-state index in [-0.39, 0.29) is 12.4 Å². The average molecular weight is 256 g/mol. The number of halogens is 1. The number of aromatic nitrogens is 1. The van der Waals surface area contributed by atoms with E-state index >= 15 is 0 Å². The minimum Gasteiger partial charge on any atom is -0.329 e. The van der Waals surface area contributed by atoms with Crippen LogP contribution in [0, 0.1) is 5.92 Å². The molecule has 1 aliphatic rings. The Morgan fingerprint density at radius 3 is 2.94 bits per heavy atom. The Morgan fingerprint density at radius 2 is 2.29 bits per heavy atom. The minimum atomic E-state index is 0. The Morgan fingerprint density at radius 1 is 1.47 bits per heavy atom. The lowest BCUT2D eigenvalue weighted by atomic mass is 9.90. The van der Waals surface area contributed by atoms with Gasteiger partial charge in [-0.2, -0.15) is 0 Å². The highest BCUT2D eigenvalue weighted by Crippen LogP contribution is 2.23. The molecule has 3 nitrogen and oxygen atoms in total. The van der Waals surface area contributed by atoms with E-state index in [0.29, 0.717) is 12.0 Å². The van der Waals surface area contributed by atoms with E-state index in [2.05, 4.69) is 22.9 Å². The molecule has 0 spiro atoms. The molecule has 1 fully saturated rings. The van der Waals surface area contributed by atoms with Gasteiger partial charge in [0.2, 0.25) is 0 Å². The first-order valence-electron chi connectivity index (χ1n) is 6.15. The van der Waals surface area contributed by atoms with Crippen molar-refractivity contribution >= 4 is 12.4 Å². The SMILES string of the molecule is CC1CCCN(Cc2ccccn2)C1CN.Cl. The number of nitrogens with zero attached hydrogens (tertiary/aromatic N) is 2. The summed E-state index contributed by atoms with van der Waals surface area (Å²) in [6.07, 6.45) is 4.45. The van der Waals surface area contributed by atoms with Crippen LogP contribution in [0.15, 0.2) is 24.4 Å². The third kappa shape index (κ3) is 3.66. The lowest BCUT2D eigenvalue weighted by Crippen LogP contribution is -2.48. The molecular weight excluding hydrogens is 234 g/mol. The first-order valence-corrected chi connectivity index (χ1v) is 6.15. The van der Waals surface area contributed by atoms with Crippen LogP contribution in [0.25, 0.3) is 0 Å². The van der Waals surface area contributed by atoms with Crippen LogP contribution in [0.1, 0.15) is 25.5 Å². The van der Waals surface area contributed by atoms with Gasteiger partial charge in [-0.25, -0.2) is 0 Å². The topological polar surface area (TPSA) is 42.2 Å². The number of nitrogens with two attached hydrogens (primary N) is 1. The summed E-state index contributed by atoms with van der Waals surface area (Å²) in [6.45, 7) is 5.16. The van der Waals surface area contributed by atoms with Crippen LogP contribution in [-0.2, 0) is 6.54 Å². The zero-order chi connectivity index (χ0) is 11.4. The second kappa shape index (κ2) is 6.94. The largest absolute Gasteiger partial charge is 0.329 e. The van der Waals surface area contributed by atoms with E-state index in [1.807, 2.05) is 18.3 Å². The third-order valence-corrected chi connectivity index (χ3v) is 3.56. The summed E-state index contributed by atoms with van der Waals surface area (Å²) in [6, 6.07) is 6.62. The van der Waals surface area contributed by atoms with Gasteiger partial charge in [-0.1, -0.05) is 13.0 Å². The molecule has 1 aromatic rings. The maximum Gasteiger partial charge on any atom is 0.0544 e. The maximum absolute atomic E-state index is 5.88. The van der Waals surface area contributed by atoms with Crippen molar-refractivity contribution in [1.82, 2.24) is 9.88 Å². The summed E-state index contributed by atoms with van der Waals surface area (Å²) in [5.41, 5.74) is 7.02. The van der Waals surface area contributed by atoms with E-state index in [0.717, 1.165) is 25.3 Å². The first-order chi connectivity index (χ1) is 7.81. The highest BCUT2D eigenvalue weighted by atomic mass is 35.5. The van der Waals surface area contributed by atoms with Crippen molar-refractivity contribution in [2.45, 2.75) is 32.4 Å². The Kier molecular flexibility index (Phi) is 5.89. The number of likely N-dealkylation sites (tertiary alicyclic amines) is 1. The van der Waals surface area contributed by atoms with Crippen LogP contribution in [-0.4, -0.2) is 29.0 Å². The number of rotatable bonds is 3. The fourth-order valence-corrected chi connectivity index (χ4v) is 2.61. The molecule has 0 bridgehead atoms. The molecule has 2 unspecified atom stereocenters. The van der Waals surface area contributed by atoms with Gasteiger partial charge in [-0.15, -0.1) is 12.4 Å². The quantitative estimate of drug-likeness (QED) is 0.899. The van der Waals surface area contributed by atoms with Crippen molar-refractivity contribution in [1.29, 1.82) is 0 Å². The molecule has 4 heteroatoms. The zero-order valence-electron chi connectivity index (χ0n) is 10.4. The van der Waals surface area contributed by atoms with E-state index in [1.165, 1.54) is 12.8 Å². The van der Waals surface area contributed by atoms with Gasteiger partial charge in [0.25, 0.3) is 0 Å². The van der Waals surface area contributed by atoms with Crippen LogP contribution >= 0.6 is 12.4 Å². The second-order valence-electron chi connectivity index (χ2n) is 4.71. The molecule has 0 radical (unpaired) electrons. The van der Waals surface area contributed by atoms with Crippen molar-refractivity contribution in [2.75, 3.05) is 13.1 Å². The van der Waals surface area contributed by atoms with Gasteiger partial charge in [0.15, 0.2) is 0 Å². The molecule has 0 amide bonds. The number of pyridine rings is 1. The second-order valence-corrected chi connectivity index (χ2v) is 4.71. The zero-order valence-corrected chi connectivity index (χ0v) is 11.2. The standard InChI is InChI=1S/C13H21N3.ClH/c1-11-5-4-8-16(13(11)9-14)10-12-6-2-3-7-15-12;/h2-3,6-7,11,13H,4-5,8-10,14H2,1H3;1H. The fourth-order valence-electron chi connectivity index (χ4n) is 2.61. The highest BCUT2D eigenvalue weighted by Gasteiger charge is 2.27. The minimum absolute atomic E-state index is 0. The van der Waals surface area contributed by atoms with Gasteiger partial charge in [0.05, 0.1) is 5.69 Å². The molecule has 2 atom stereocenters. The number of hydrogen-bond acceptors (Lipinski definition) is 3. The van der Waals surface area contributed by atoms with Crippen molar-refractivity contribution in [3.8, 4) is 0 Å². The summed E-state index contributed by atoms with van der Waals surface area (Å²) < 4.78 is 0. The fraction of sp³-hybridized carbons (Fsp3) is 0.615. The van der Waals surface area contributed by atoms with Crippen LogP contribution < -0.4 is 5.73 Å². The molecule has 96 valence electrons. The lowest BCUT2D eigenvalue weighted by molar-refractivity contribution is 0.0978. The summed E-state index contributed by atoms with van der Waals surface area (Å²) in [7, 11) is 0. The van der Waals surface area contributed by atoms with Crippen molar-refractivity contribution in [3.63, 3.8) is 0 Å². The molecule has 1 aliphatic heterocycles. The Balaban J connectivity index is 0.00000144. The highest BCUT2D eigenvalue weighted by molar-refractivity contribution is 5.85. The summed E-state index contributed by atoms with van der Waals surface area (Å²) in [5, 5.41) is 0. The summed E-state index contributed by atoms with van der Waals surface area (Å²) >= 11 is 0. The van der Waals surface area contributed by atoms with Crippen molar-refractivity contribution < 1.29 is 0 Å². The Labute approximate surface area is 110 Å². The smallest absolute Gasteiger partial charge is 0.0544 e. The van der Waals surface area contributed by atoms with E-state index in [1.54, 1.807) is 0 Å². The van der Waals surface area contributed by atoms with Gasteiger partial charge in [-0.05, 0) is 37.4 Å².